The molecule has 2 fully saturated rings. The summed E-state index contributed by atoms with van der Waals surface area (Å²) in [7, 11) is 0. The van der Waals surface area contributed by atoms with Crippen molar-refractivity contribution in [3.8, 4) is 0 Å². The summed E-state index contributed by atoms with van der Waals surface area (Å²) in [6.07, 6.45) is 4.79. The van der Waals surface area contributed by atoms with Gasteiger partial charge in [-0.15, -0.1) is 0 Å². The van der Waals surface area contributed by atoms with E-state index in [2.05, 4.69) is 131 Å². The fourth-order valence-electron chi connectivity index (χ4n) is 6.45. The van der Waals surface area contributed by atoms with Crippen molar-refractivity contribution in [3.63, 3.8) is 0 Å². The van der Waals surface area contributed by atoms with Crippen LogP contribution in [0.25, 0.3) is 0 Å². The molecule has 0 amide bonds. The molecule has 2 saturated heterocycles. The monoisotopic (exact) mass is 458 g/mol. The quantitative estimate of drug-likeness (QED) is 0.288. The lowest BCUT2D eigenvalue weighted by Gasteiger charge is -2.39. The van der Waals surface area contributed by atoms with Gasteiger partial charge < -0.3 is 0 Å². The Morgan fingerprint density at radius 2 is 0.600 bits per heavy atom. The van der Waals surface area contributed by atoms with Crippen molar-refractivity contribution >= 4 is 0 Å². The van der Waals surface area contributed by atoms with Gasteiger partial charge in [0.05, 0.1) is 6.67 Å². The van der Waals surface area contributed by atoms with Gasteiger partial charge in [-0.25, -0.2) is 0 Å². The molecule has 176 valence electrons. The fourth-order valence-corrected chi connectivity index (χ4v) is 6.45. The second-order valence-corrected chi connectivity index (χ2v) is 10.0. The van der Waals surface area contributed by atoms with E-state index in [1.165, 1.54) is 47.9 Å². The van der Waals surface area contributed by atoms with Crippen molar-refractivity contribution in [2.45, 2.75) is 49.9 Å². The van der Waals surface area contributed by atoms with Crippen molar-refractivity contribution in [1.29, 1.82) is 0 Å². The predicted octanol–water partition coefficient (Wildman–Crippen LogP) is 8.10. The van der Waals surface area contributed by atoms with Crippen LogP contribution in [0.2, 0.25) is 0 Å². The Labute approximate surface area is 209 Å². The number of likely N-dealkylation sites (tertiary alicyclic amines) is 2. The first-order valence-electron chi connectivity index (χ1n) is 13.1. The van der Waals surface area contributed by atoms with Crippen LogP contribution in [0.5, 0.6) is 0 Å². The molecule has 6 rings (SSSR count). The SMILES string of the molecule is c1ccc([C@H]2CC[C@H](c3ccccc3)N2CN2[C@@H](c3ccccc3)CC[C@@H]2c2ccccc2)cc1. The molecule has 0 aromatic heterocycles. The van der Waals surface area contributed by atoms with Gasteiger partial charge in [0, 0.05) is 24.2 Å². The van der Waals surface area contributed by atoms with Gasteiger partial charge in [0.1, 0.15) is 0 Å². The minimum Gasteiger partial charge on any atom is -0.276 e. The zero-order valence-corrected chi connectivity index (χ0v) is 20.3. The van der Waals surface area contributed by atoms with Crippen molar-refractivity contribution in [2.75, 3.05) is 6.67 Å². The van der Waals surface area contributed by atoms with Crippen molar-refractivity contribution < 1.29 is 0 Å². The van der Waals surface area contributed by atoms with Crippen LogP contribution in [-0.4, -0.2) is 16.5 Å². The van der Waals surface area contributed by atoms with E-state index in [-0.39, 0.29) is 0 Å². The summed E-state index contributed by atoms with van der Waals surface area (Å²) in [6, 6.07) is 46.4. The molecule has 4 aromatic rings. The highest BCUT2D eigenvalue weighted by molar-refractivity contribution is 5.28. The molecule has 0 radical (unpaired) electrons. The van der Waals surface area contributed by atoms with Crippen LogP contribution in [0.4, 0.5) is 0 Å². The van der Waals surface area contributed by atoms with E-state index in [9.17, 15) is 0 Å². The van der Waals surface area contributed by atoms with Gasteiger partial charge in [-0.3, -0.25) is 9.80 Å². The Morgan fingerprint density at radius 1 is 0.371 bits per heavy atom. The third-order valence-corrected chi connectivity index (χ3v) is 8.09. The van der Waals surface area contributed by atoms with Crippen LogP contribution in [0.15, 0.2) is 121 Å². The van der Waals surface area contributed by atoms with E-state index in [4.69, 9.17) is 0 Å². The van der Waals surface area contributed by atoms with Gasteiger partial charge in [0.25, 0.3) is 0 Å². The summed E-state index contributed by atoms with van der Waals surface area (Å²) in [6.45, 7) is 0.970. The van der Waals surface area contributed by atoms with E-state index >= 15 is 0 Å². The van der Waals surface area contributed by atoms with Gasteiger partial charge in [-0.1, -0.05) is 121 Å². The lowest BCUT2D eigenvalue weighted by atomic mass is 10.0. The topological polar surface area (TPSA) is 6.48 Å². The highest BCUT2D eigenvalue weighted by Crippen LogP contribution is 2.49. The molecule has 0 aliphatic carbocycles. The molecule has 2 heterocycles. The maximum atomic E-state index is 2.79. The highest BCUT2D eigenvalue weighted by atomic mass is 15.4. The Bertz CT molecular complexity index is 1000. The molecule has 2 heteroatoms. The normalized spacial score (nSPS) is 25.1. The first kappa shape index (κ1) is 22.3. The Hall–Kier alpha value is -3.20. The van der Waals surface area contributed by atoms with Crippen molar-refractivity contribution in [3.05, 3.63) is 144 Å². The maximum Gasteiger partial charge on any atom is 0.0529 e. The summed E-state index contributed by atoms with van der Waals surface area (Å²) in [5.41, 5.74) is 5.77. The van der Waals surface area contributed by atoms with Gasteiger partial charge in [-0.05, 0) is 47.9 Å². The van der Waals surface area contributed by atoms with Crippen LogP contribution in [-0.2, 0) is 0 Å². The molecule has 35 heavy (non-hydrogen) atoms. The zero-order chi connectivity index (χ0) is 23.5. The highest BCUT2D eigenvalue weighted by Gasteiger charge is 2.41. The standard InChI is InChI=1S/C33H34N2/c1-5-13-26(14-6-1)30-21-22-31(27-15-7-2-8-16-27)34(30)25-35-32(28-17-9-3-10-18-28)23-24-33(35)29-19-11-4-12-20-29/h1-20,30-33H,21-25H2/t30-,31-,32-,33-/m1/s1. The minimum atomic E-state index is 0.440. The summed E-state index contributed by atoms with van der Waals surface area (Å²) < 4.78 is 0. The van der Waals surface area contributed by atoms with E-state index in [0.717, 1.165) is 6.67 Å². The van der Waals surface area contributed by atoms with Crippen LogP contribution in [0, 0.1) is 0 Å². The van der Waals surface area contributed by atoms with E-state index < -0.39 is 0 Å². The number of rotatable bonds is 6. The molecule has 4 aromatic carbocycles. The summed E-state index contributed by atoms with van der Waals surface area (Å²) in [5.74, 6) is 0. The predicted molar refractivity (Wildman–Crippen MR) is 144 cm³/mol. The van der Waals surface area contributed by atoms with Crippen molar-refractivity contribution in [2.24, 2.45) is 0 Å². The molecule has 0 bridgehead atoms. The summed E-state index contributed by atoms with van der Waals surface area (Å²) in [5, 5.41) is 0. The molecular formula is C33H34N2. The summed E-state index contributed by atoms with van der Waals surface area (Å²) >= 11 is 0. The second-order valence-electron chi connectivity index (χ2n) is 10.0. The van der Waals surface area contributed by atoms with Crippen LogP contribution >= 0.6 is 0 Å². The Morgan fingerprint density at radius 3 is 0.829 bits per heavy atom. The fraction of sp³-hybridized carbons (Fsp3) is 0.273. The average Bonchev–Trinajstić information content (AvgIpc) is 3.55. The Balaban J connectivity index is 1.39. The van der Waals surface area contributed by atoms with E-state index in [1.54, 1.807) is 0 Å². The maximum absolute atomic E-state index is 2.79. The van der Waals surface area contributed by atoms with Gasteiger partial charge in [-0.2, -0.15) is 0 Å². The molecule has 0 saturated carbocycles. The lowest BCUT2D eigenvalue weighted by Crippen LogP contribution is -2.40. The first-order valence-corrected chi connectivity index (χ1v) is 13.1. The third kappa shape index (κ3) is 4.57. The van der Waals surface area contributed by atoms with Crippen LogP contribution < -0.4 is 0 Å². The number of benzene rings is 4. The number of hydrogen-bond donors (Lipinski definition) is 0. The Kier molecular flexibility index (Phi) is 6.49. The lowest BCUT2D eigenvalue weighted by molar-refractivity contribution is 0.0527. The molecule has 0 unspecified atom stereocenters. The van der Waals surface area contributed by atoms with Crippen LogP contribution in [0.3, 0.4) is 0 Å². The molecule has 2 aliphatic rings. The van der Waals surface area contributed by atoms with Gasteiger partial charge in [0.2, 0.25) is 0 Å². The molecule has 0 spiro atoms. The molecular weight excluding hydrogens is 424 g/mol. The molecule has 2 aliphatic heterocycles. The summed E-state index contributed by atoms with van der Waals surface area (Å²) in [4.78, 5) is 5.59. The molecule has 4 atom stereocenters. The third-order valence-electron chi connectivity index (χ3n) is 8.09. The second kappa shape index (κ2) is 10.2. The smallest absolute Gasteiger partial charge is 0.0529 e. The van der Waals surface area contributed by atoms with Crippen molar-refractivity contribution in [1.82, 2.24) is 9.80 Å². The molecule has 2 nitrogen and oxygen atoms in total. The van der Waals surface area contributed by atoms with Gasteiger partial charge >= 0.3 is 0 Å². The van der Waals surface area contributed by atoms with Gasteiger partial charge in [0.15, 0.2) is 0 Å². The minimum absolute atomic E-state index is 0.440. The zero-order valence-electron chi connectivity index (χ0n) is 20.3. The average molecular weight is 459 g/mol. The largest absolute Gasteiger partial charge is 0.276 e. The number of hydrogen-bond acceptors (Lipinski definition) is 2. The first-order chi connectivity index (χ1) is 17.4. The number of nitrogens with zero attached hydrogens (tertiary/aromatic N) is 2. The van der Waals surface area contributed by atoms with E-state index in [0.29, 0.717) is 24.2 Å². The van der Waals surface area contributed by atoms with E-state index in [1.807, 2.05) is 0 Å². The molecule has 0 N–H and O–H groups in total. The van der Waals surface area contributed by atoms with Crippen LogP contribution in [0.1, 0.15) is 72.1 Å².